The van der Waals surface area contributed by atoms with Crippen molar-refractivity contribution in [3.63, 3.8) is 0 Å². The Morgan fingerprint density at radius 3 is 2.69 bits per heavy atom. The summed E-state index contributed by atoms with van der Waals surface area (Å²) in [6.07, 6.45) is 1.09. The summed E-state index contributed by atoms with van der Waals surface area (Å²) in [6, 6.07) is 12.8. The summed E-state index contributed by atoms with van der Waals surface area (Å²) in [5, 5.41) is 0. The molecule has 26 heavy (non-hydrogen) atoms. The average molecular weight is 353 g/mol. The molecular weight excluding hydrogens is 334 g/mol. The van der Waals surface area contributed by atoms with Gasteiger partial charge in [-0.05, 0) is 36.2 Å². The number of nitrogens with zero attached hydrogens (tertiary/aromatic N) is 1. The molecule has 4 rings (SSSR count). The summed E-state index contributed by atoms with van der Waals surface area (Å²) < 4.78 is 16.0. The van der Waals surface area contributed by atoms with Crippen molar-refractivity contribution in [1.29, 1.82) is 0 Å². The molecule has 1 saturated heterocycles. The normalized spacial score (nSPS) is 18.3. The monoisotopic (exact) mass is 353 g/mol. The SMILES string of the molecule is CCc1ccc(N2C[C@H](C(=O)Oc3ccc4c(c3)OCO4)CC2=O)cc1. The van der Waals surface area contributed by atoms with E-state index in [1.54, 1.807) is 23.1 Å². The maximum absolute atomic E-state index is 12.5. The number of carbonyl (C=O) groups excluding carboxylic acids is 2. The van der Waals surface area contributed by atoms with E-state index in [2.05, 4.69) is 6.92 Å². The minimum Gasteiger partial charge on any atom is -0.454 e. The molecule has 134 valence electrons. The van der Waals surface area contributed by atoms with E-state index in [-0.39, 0.29) is 19.1 Å². The molecule has 0 N–H and O–H groups in total. The second kappa shape index (κ2) is 6.71. The minimum absolute atomic E-state index is 0.0677. The standard InChI is InChI=1S/C20H19NO5/c1-2-13-3-5-15(6-4-13)21-11-14(9-19(21)22)20(23)26-16-7-8-17-18(10-16)25-12-24-17/h3-8,10,14H,2,9,11-12H2,1H3/t14-/m1/s1. The number of hydrogen-bond acceptors (Lipinski definition) is 5. The van der Waals surface area contributed by atoms with Gasteiger partial charge >= 0.3 is 5.97 Å². The fraction of sp³-hybridized carbons (Fsp3) is 0.300. The van der Waals surface area contributed by atoms with Crippen LogP contribution in [0.15, 0.2) is 42.5 Å². The minimum atomic E-state index is -0.487. The maximum Gasteiger partial charge on any atom is 0.316 e. The van der Waals surface area contributed by atoms with E-state index in [4.69, 9.17) is 14.2 Å². The lowest BCUT2D eigenvalue weighted by Gasteiger charge is -2.17. The Bertz CT molecular complexity index is 846. The lowest BCUT2D eigenvalue weighted by atomic mass is 10.1. The van der Waals surface area contributed by atoms with Crippen molar-refractivity contribution < 1.29 is 23.8 Å². The van der Waals surface area contributed by atoms with E-state index in [0.29, 0.717) is 23.8 Å². The summed E-state index contributed by atoms with van der Waals surface area (Å²) >= 11 is 0. The third-order valence-corrected chi connectivity index (χ3v) is 4.68. The zero-order valence-corrected chi connectivity index (χ0v) is 14.4. The molecule has 0 bridgehead atoms. The molecule has 6 heteroatoms. The van der Waals surface area contributed by atoms with Crippen molar-refractivity contribution in [1.82, 2.24) is 0 Å². The van der Waals surface area contributed by atoms with E-state index in [9.17, 15) is 9.59 Å². The van der Waals surface area contributed by atoms with Crippen LogP contribution >= 0.6 is 0 Å². The Balaban J connectivity index is 1.43. The molecular formula is C20H19NO5. The van der Waals surface area contributed by atoms with Crippen molar-refractivity contribution in [3.8, 4) is 17.2 Å². The van der Waals surface area contributed by atoms with Crippen LogP contribution in [0.4, 0.5) is 5.69 Å². The van der Waals surface area contributed by atoms with Crippen molar-refractivity contribution in [2.75, 3.05) is 18.2 Å². The first-order valence-corrected chi connectivity index (χ1v) is 8.64. The van der Waals surface area contributed by atoms with Crippen molar-refractivity contribution in [2.24, 2.45) is 5.92 Å². The molecule has 1 atom stereocenters. The van der Waals surface area contributed by atoms with E-state index < -0.39 is 11.9 Å². The number of esters is 1. The molecule has 0 unspecified atom stereocenters. The molecule has 0 aliphatic carbocycles. The fourth-order valence-corrected chi connectivity index (χ4v) is 3.17. The van der Waals surface area contributed by atoms with Crippen molar-refractivity contribution in [3.05, 3.63) is 48.0 Å². The number of carbonyl (C=O) groups is 2. The lowest BCUT2D eigenvalue weighted by molar-refractivity contribution is -0.139. The first kappa shape index (κ1) is 16.4. The molecule has 1 fully saturated rings. The fourth-order valence-electron chi connectivity index (χ4n) is 3.17. The smallest absolute Gasteiger partial charge is 0.316 e. The van der Waals surface area contributed by atoms with Gasteiger partial charge in [0.2, 0.25) is 12.7 Å². The Morgan fingerprint density at radius 2 is 1.92 bits per heavy atom. The van der Waals surface area contributed by atoms with Gasteiger partial charge < -0.3 is 19.1 Å². The van der Waals surface area contributed by atoms with Gasteiger partial charge in [-0.2, -0.15) is 0 Å². The zero-order chi connectivity index (χ0) is 18.1. The van der Waals surface area contributed by atoms with Crippen LogP contribution in [0.2, 0.25) is 0 Å². The Hall–Kier alpha value is -3.02. The van der Waals surface area contributed by atoms with Crippen molar-refractivity contribution >= 4 is 17.6 Å². The van der Waals surface area contributed by atoms with Crippen LogP contribution in [0.25, 0.3) is 0 Å². The molecule has 0 radical (unpaired) electrons. The van der Waals surface area contributed by atoms with Gasteiger partial charge in [0.1, 0.15) is 5.75 Å². The largest absolute Gasteiger partial charge is 0.454 e. The highest BCUT2D eigenvalue weighted by molar-refractivity contribution is 5.99. The second-order valence-corrected chi connectivity index (χ2v) is 6.36. The van der Waals surface area contributed by atoms with Gasteiger partial charge in [0, 0.05) is 24.7 Å². The van der Waals surface area contributed by atoms with Gasteiger partial charge in [0.15, 0.2) is 11.5 Å². The molecule has 0 aromatic heterocycles. The van der Waals surface area contributed by atoms with Crippen LogP contribution in [0.1, 0.15) is 18.9 Å². The third kappa shape index (κ3) is 3.10. The highest BCUT2D eigenvalue weighted by Gasteiger charge is 2.36. The lowest BCUT2D eigenvalue weighted by Crippen LogP contribution is -2.27. The molecule has 0 saturated carbocycles. The number of ether oxygens (including phenoxy) is 3. The number of hydrogen-bond donors (Lipinski definition) is 0. The second-order valence-electron chi connectivity index (χ2n) is 6.36. The van der Waals surface area contributed by atoms with Gasteiger partial charge in [-0.1, -0.05) is 19.1 Å². The number of amides is 1. The van der Waals surface area contributed by atoms with Crippen LogP contribution in [0, 0.1) is 5.92 Å². The van der Waals surface area contributed by atoms with Crippen LogP contribution in [0.3, 0.4) is 0 Å². The molecule has 2 aliphatic rings. The highest BCUT2D eigenvalue weighted by Crippen LogP contribution is 2.35. The highest BCUT2D eigenvalue weighted by atomic mass is 16.7. The van der Waals surface area contributed by atoms with Crippen LogP contribution < -0.4 is 19.1 Å². The number of rotatable bonds is 4. The van der Waals surface area contributed by atoms with Crippen LogP contribution in [-0.2, 0) is 16.0 Å². The van der Waals surface area contributed by atoms with Gasteiger partial charge in [0.05, 0.1) is 5.92 Å². The topological polar surface area (TPSA) is 65.1 Å². The molecule has 2 aliphatic heterocycles. The van der Waals surface area contributed by atoms with E-state index in [0.717, 1.165) is 12.1 Å². The van der Waals surface area contributed by atoms with Crippen LogP contribution in [0.5, 0.6) is 17.2 Å². The maximum atomic E-state index is 12.5. The van der Waals surface area contributed by atoms with E-state index >= 15 is 0 Å². The Morgan fingerprint density at radius 1 is 1.15 bits per heavy atom. The summed E-state index contributed by atoms with van der Waals surface area (Å²) in [5.74, 6) is 0.598. The molecule has 1 amide bonds. The summed E-state index contributed by atoms with van der Waals surface area (Å²) in [7, 11) is 0. The van der Waals surface area contributed by atoms with Crippen molar-refractivity contribution in [2.45, 2.75) is 19.8 Å². The van der Waals surface area contributed by atoms with E-state index in [1.807, 2.05) is 24.3 Å². The van der Waals surface area contributed by atoms with Crippen LogP contribution in [-0.4, -0.2) is 25.2 Å². The first-order chi connectivity index (χ1) is 12.6. The summed E-state index contributed by atoms with van der Waals surface area (Å²) in [5.41, 5.74) is 2.02. The first-order valence-electron chi connectivity index (χ1n) is 8.64. The quantitative estimate of drug-likeness (QED) is 0.625. The number of anilines is 1. The molecule has 0 spiro atoms. The molecule has 2 aromatic rings. The number of fused-ring (bicyclic) bond motifs is 1. The average Bonchev–Trinajstić information content (AvgIpc) is 3.28. The molecule has 2 aromatic carbocycles. The van der Waals surface area contributed by atoms with Gasteiger partial charge in [-0.15, -0.1) is 0 Å². The van der Waals surface area contributed by atoms with E-state index in [1.165, 1.54) is 5.56 Å². The Labute approximate surface area is 151 Å². The molecule has 2 heterocycles. The zero-order valence-electron chi connectivity index (χ0n) is 14.4. The Kier molecular flexibility index (Phi) is 4.24. The van der Waals surface area contributed by atoms with Gasteiger partial charge in [-0.25, -0.2) is 0 Å². The summed E-state index contributed by atoms with van der Waals surface area (Å²) in [6.45, 7) is 2.57. The summed E-state index contributed by atoms with van der Waals surface area (Å²) in [4.78, 5) is 26.4. The third-order valence-electron chi connectivity index (χ3n) is 4.68. The number of aryl methyl sites for hydroxylation is 1. The van der Waals surface area contributed by atoms with Gasteiger partial charge in [-0.3, -0.25) is 9.59 Å². The predicted molar refractivity (Wildman–Crippen MR) is 94.5 cm³/mol. The predicted octanol–water partition coefficient (Wildman–Crippen LogP) is 2.94. The molecule has 6 nitrogen and oxygen atoms in total. The van der Waals surface area contributed by atoms with Gasteiger partial charge in [0.25, 0.3) is 0 Å². The number of benzene rings is 2.